The Morgan fingerprint density at radius 3 is 2.68 bits per heavy atom. The van der Waals surface area contributed by atoms with Gasteiger partial charge >= 0.3 is 0 Å². The fourth-order valence-electron chi connectivity index (χ4n) is 2.58. The molecule has 2 heterocycles. The number of carbonyl (C=O) groups is 1. The molecule has 1 fully saturated rings. The van der Waals surface area contributed by atoms with Crippen molar-refractivity contribution in [2.45, 2.75) is 39.0 Å². The number of aryl methyl sites for hydroxylation is 1. The largest absolute Gasteiger partial charge is 0.469 e. The molecule has 4 nitrogen and oxygen atoms in total. The van der Waals surface area contributed by atoms with Crippen molar-refractivity contribution in [1.29, 1.82) is 0 Å². The monoisotopic (exact) mass is 264 g/mol. The van der Waals surface area contributed by atoms with Crippen LogP contribution in [-0.4, -0.2) is 37.0 Å². The fraction of sp³-hybridized carbons (Fsp3) is 0.667. The third kappa shape index (κ3) is 4.39. The van der Waals surface area contributed by atoms with Crippen LogP contribution in [0.3, 0.4) is 0 Å². The molecular formula is C15H24N2O2. The van der Waals surface area contributed by atoms with E-state index in [1.165, 1.54) is 38.8 Å². The molecule has 0 aromatic carbocycles. The van der Waals surface area contributed by atoms with Crippen LogP contribution in [0.15, 0.2) is 16.7 Å². The maximum Gasteiger partial charge on any atom is 0.254 e. The van der Waals surface area contributed by atoms with Crippen LogP contribution in [0.1, 0.15) is 48.2 Å². The van der Waals surface area contributed by atoms with E-state index in [-0.39, 0.29) is 5.91 Å². The lowest BCUT2D eigenvalue weighted by molar-refractivity contribution is 0.0950. The number of carbonyl (C=O) groups excluding carboxylic acids is 1. The Bertz CT molecular complexity index is 393. The van der Waals surface area contributed by atoms with Crippen molar-refractivity contribution in [1.82, 2.24) is 10.2 Å². The molecule has 106 valence electrons. The van der Waals surface area contributed by atoms with Crippen molar-refractivity contribution in [2.24, 2.45) is 0 Å². The minimum atomic E-state index is -0.0258. The van der Waals surface area contributed by atoms with Gasteiger partial charge < -0.3 is 14.6 Å². The van der Waals surface area contributed by atoms with Crippen molar-refractivity contribution in [3.63, 3.8) is 0 Å². The van der Waals surface area contributed by atoms with Crippen LogP contribution < -0.4 is 5.32 Å². The zero-order valence-electron chi connectivity index (χ0n) is 11.8. The number of hydrogen-bond donors (Lipinski definition) is 1. The summed E-state index contributed by atoms with van der Waals surface area (Å²) in [6.07, 6.45) is 7.95. The number of amides is 1. The molecule has 0 saturated carbocycles. The summed E-state index contributed by atoms with van der Waals surface area (Å²) in [7, 11) is 0. The molecule has 0 bridgehead atoms. The van der Waals surface area contributed by atoms with Gasteiger partial charge in [-0.2, -0.15) is 0 Å². The first kappa shape index (κ1) is 14.1. The van der Waals surface area contributed by atoms with Gasteiger partial charge in [0.25, 0.3) is 5.91 Å². The Labute approximate surface area is 115 Å². The number of furan rings is 1. The van der Waals surface area contributed by atoms with Crippen LogP contribution in [0, 0.1) is 6.92 Å². The third-order valence-corrected chi connectivity index (χ3v) is 3.74. The lowest BCUT2D eigenvalue weighted by Crippen LogP contribution is -2.30. The summed E-state index contributed by atoms with van der Waals surface area (Å²) in [6.45, 7) is 6.07. The van der Waals surface area contributed by atoms with Crippen LogP contribution in [0.5, 0.6) is 0 Å². The van der Waals surface area contributed by atoms with E-state index >= 15 is 0 Å². The van der Waals surface area contributed by atoms with Crippen LogP contribution in [0.2, 0.25) is 0 Å². The predicted molar refractivity (Wildman–Crippen MR) is 75.3 cm³/mol. The van der Waals surface area contributed by atoms with Gasteiger partial charge in [0.15, 0.2) is 0 Å². The van der Waals surface area contributed by atoms with Crippen LogP contribution in [0.4, 0.5) is 0 Å². The normalized spacial score (nSPS) is 17.1. The minimum absolute atomic E-state index is 0.0258. The highest BCUT2D eigenvalue weighted by Crippen LogP contribution is 2.10. The van der Waals surface area contributed by atoms with Crippen molar-refractivity contribution < 1.29 is 9.21 Å². The van der Waals surface area contributed by atoms with E-state index in [4.69, 9.17) is 4.42 Å². The quantitative estimate of drug-likeness (QED) is 0.831. The lowest BCUT2D eigenvalue weighted by atomic mass is 10.2. The molecular weight excluding hydrogens is 240 g/mol. The van der Waals surface area contributed by atoms with Gasteiger partial charge in [-0.1, -0.05) is 12.8 Å². The second-order valence-corrected chi connectivity index (χ2v) is 5.26. The van der Waals surface area contributed by atoms with E-state index in [0.717, 1.165) is 19.5 Å². The SMILES string of the molecule is Cc1occc1C(=O)NCCCN1CCCCCC1. The summed E-state index contributed by atoms with van der Waals surface area (Å²) >= 11 is 0. The second kappa shape index (κ2) is 7.34. The Morgan fingerprint density at radius 2 is 2.05 bits per heavy atom. The van der Waals surface area contributed by atoms with Crippen molar-refractivity contribution >= 4 is 5.91 Å². The van der Waals surface area contributed by atoms with Gasteiger partial charge in [-0.3, -0.25) is 4.79 Å². The van der Waals surface area contributed by atoms with Gasteiger partial charge in [0.2, 0.25) is 0 Å². The lowest BCUT2D eigenvalue weighted by Gasteiger charge is -2.19. The maximum absolute atomic E-state index is 11.8. The molecule has 0 radical (unpaired) electrons. The number of nitrogens with one attached hydrogen (secondary N) is 1. The van der Waals surface area contributed by atoms with Crippen molar-refractivity contribution in [3.05, 3.63) is 23.7 Å². The van der Waals surface area contributed by atoms with E-state index in [1.807, 2.05) is 6.92 Å². The second-order valence-electron chi connectivity index (χ2n) is 5.26. The highest BCUT2D eigenvalue weighted by Gasteiger charge is 2.11. The van der Waals surface area contributed by atoms with Gasteiger partial charge in [0.1, 0.15) is 5.76 Å². The number of nitrogens with zero attached hydrogens (tertiary/aromatic N) is 1. The van der Waals surface area contributed by atoms with E-state index in [1.54, 1.807) is 12.3 Å². The van der Waals surface area contributed by atoms with E-state index in [2.05, 4.69) is 10.2 Å². The maximum atomic E-state index is 11.8. The molecule has 0 spiro atoms. The number of rotatable bonds is 5. The smallest absolute Gasteiger partial charge is 0.254 e. The molecule has 1 aromatic heterocycles. The molecule has 1 aliphatic rings. The Balaban J connectivity index is 1.64. The highest BCUT2D eigenvalue weighted by molar-refractivity contribution is 5.94. The molecule has 0 atom stereocenters. The summed E-state index contributed by atoms with van der Waals surface area (Å²) in [5, 5.41) is 2.96. The summed E-state index contributed by atoms with van der Waals surface area (Å²) in [5.41, 5.74) is 0.648. The first-order valence-electron chi connectivity index (χ1n) is 7.32. The average molecular weight is 264 g/mol. The Morgan fingerprint density at radius 1 is 1.32 bits per heavy atom. The predicted octanol–water partition coefficient (Wildman–Crippen LogP) is 2.58. The molecule has 1 N–H and O–H groups in total. The molecule has 19 heavy (non-hydrogen) atoms. The number of hydrogen-bond acceptors (Lipinski definition) is 3. The van der Waals surface area contributed by atoms with Crippen molar-refractivity contribution in [3.8, 4) is 0 Å². The van der Waals surface area contributed by atoms with Gasteiger partial charge in [0, 0.05) is 6.54 Å². The van der Waals surface area contributed by atoms with E-state index in [0.29, 0.717) is 11.3 Å². The highest BCUT2D eigenvalue weighted by atomic mass is 16.3. The minimum Gasteiger partial charge on any atom is -0.469 e. The van der Waals surface area contributed by atoms with Gasteiger partial charge in [-0.05, 0) is 51.9 Å². The van der Waals surface area contributed by atoms with Crippen LogP contribution in [-0.2, 0) is 0 Å². The van der Waals surface area contributed by atoms with E-state index in [9.17, 15) is 4.79 Å². The molecule has 4 heteroatoms. The molecule has 0 aliphatic carbocycles. The van der Waals surface area contributed by atoms with Crippen molar-refractivity contribution in [2.75, 3.05) is 26.2 Å². The molecule has 1 saturated heterocycles. The number of likely N-dealkylation sites (tertiary alicyclic amines) is 1. The first-order valence-corrected chi connectivity index (χ1v) is 7.32. The third-order valence-electron chi connectivity index (χ3n) is 3.74. The first-order chi connectivity index (χ1) is 9.27. The molecule has 1 amide bonds. The van der Waals surface area contributed by atoms with Crippen LogP contribution in [0.25, 0.3) is 0 Å². The molecule has 1 aromatic rings. The standard InChI is InChI=1S/C15H24N2O2/c1-13-14(7-12-19-13)15(18)16-8-6-11-17-9-4-2-3-5-10-17/h7,12H,2-6,8-11H2,1H3,(H,16,18). The molecule has 0 unspecified atom stereocenters. The summed E-state index contributed by atoms with van der Waals surface area (Å²) in [6, 6.07) is 1.72. The topological polar surface area (TPSA) is 45.5 Å². The van der Waals surface area contributed by atoms with Gasteiger partial charge in [-0.15, -0.1) is 0 Å². The molecule has 2 rings (SSSR count). The van der Waals surface area contributed by atoms with E-state index < -0.39 is 0 Å². The van der Waals surface area contributed by atoms with Crippen LogP contribution >= 0.6 is 0 Å². The Kier molecular flexibility index (Phi) is 5.45. The summed E-state index contributed by atoms with van der Waals surface area (Å²) < 4.78 is 5.13. The molecule has 1 aliphatic heterocycles. The Hall–Kier alpha value is -1.29. The van der Waals surface area contributed by atoms with Gasteiger partial charge in [-0.25, -0.2) is 0 Å². The summed E-state index contributed by atoms with van der Waals surface area (Å²) in [5.74, 6) is 0.659. The zero-order chi connectivity index (χ0) is 13.5. The fourth-order valence-corrected chi connectivity index (χ4v) is 2.58. The summed E-state index contributed by atoms with van der Waals surface area (Å²) in [4.78, 5) is 14.4. The zero-order valence-corrected chi connectivity index (χ0v) is 11.8. The average Bonchev–Trinajstić information content (AvgIpc) is 2.68. The van der Waals surface area contributed by atoms with Gasteiger partial charge in [0.05, 0.1) is 11.8 Å².